The van der Waals surface area contributed by atoms with Gasteiger partial charge in [0, 0.05) is 31.1 Å². The molecule has 1 saturated heterocycles. The van der Waals surface area contributed by atoms with Gasteiger partial charge in [0.1, 0.15) is 0 Å². The lowest BCUT2D eigenvalue weighted by molar-refractivity contribution is 0.0600. The fraction of sp³-hybridized carbons (Fsp3) is 0.348. The van der Waals surface area contributed by atoms with Crippen LogP contribution in [0.2, 0.25) is 5.02 Å². The molecule has 0 N–H and O–H groups in total. The summed E-state index contributed by atoms with van der Waals surface area (Å²) in [6, 6.07) is 8.56. The van der Waals surface area contributed by atoms with Gasteiger partial charge >= 0.3 is 5.97 Å². The normalized spacial score (nSPS) is 13.9. The van der Waals surface area contributed by atoms with Crippen LogP contribution < -0.4 is 4.90 Å². The van der Waals surface area contributed by atoms with Crippen LogP contribution >= 0.6 is 22.9 Å². The number of hydrogen-bond acceptors (Lipinski definition) is 6. The van der Waals surface area contributed by atoms with Crippen molar-refractivity contribution in [3.8, 4) is 0 Å². The molecule has 3 heterocycles. The molecule has 0 saturated carbocycles. The SMILES string of the molecule is COC(=O)c1ccc(CC(=O)c2cc(Cl)cn2Cc2csc(N3CCCCC3)n2)cc1. The Kier molecular flexibility index (Phi) is 6.73. The molecule has 2 aromatic heterocycles. The Morgan fingerprint density at radius 1 is 1.16 bits per heavy atom. The molecule has 1 aliphatic heterocycles. The molecule has 0 radical (unpaired) electrons. The van der Waals surface area contributed by atoms with Crippen LogP contribution in [0, 0.1) is 0 Å². The van der Waals surface area contributed by atoms with Crippen molar-refractivity contribution in [2.24, 2.45) is 0 Å². The van der Waals surface area contributed by atoms with Crippen LogP contribution in [0.3, 0.4) is 0 Å². The number of ether oxygens (including phenoxy) is 1. The van der Waals surface area contributed by atoms with Crippen molar-refractivity contribution >= 4 is 39.8 Å². The van der Waals surface area contributed by atoms with E-state index in [-0.39, 0.29) is 12.2 Å². The summed E-state index contributed by atoms with van der Waals surface area (Å²) >= 11 is 7.88. The summed E-state index contributed by atoms with van der Waals surface area (Å²) < 4.78 is 6.57. The minimum atomic E-state index is -0.397. The molecule has 6 nitrogen and oxygen atoms in total. The fourth-order valence-corrected chi connectivity index (χ4v) is 4.86. The maximum atomic E-state index is 13.0. The zero-order valence-electron chi connectivity index (χ0n) is 17.3. The molecule has 162 valence electrons. The first-order valence-corrected chi connectivity index (χ1v) is 11.5. The third-order valence-electron chi connectivity index (χ3n) is 5.39. The predicted octanol–water partition coefficient (Wildman–Crippen LogP) is 4.85. The highest BCUT2D eigenvalue weighted by Crippen LogP contribution is 2.25. The van der Waals surface area contributed by atoms with E-state index in [4.69, 9.17) is 21.3 Å². The minimum absolute atomic E-state index is 0.0378. The molecule has 0 atom stereocenters. The van der Waals surface area contributed by atoms with E-state index < -0.39 is 5.97 Å². The van der Waals surface area contributed by atoms with Gasteiger partial charge < -0.3 is 14.2 Å². The topological polar surface area (TPSA) is 64.4 Å². The van der Waals surface area contributed by atoms with E-state index >= 15 is 0 Å². The number of piperidine rings is 1. The van der Waals surface area contributed by atoms with Gasteiger partial charge in [-0.1, -0.05) is 23.7 Å². The molecule has 0 spiro atoms. The standard InChI is InChI=1S/C23H24ClN3O3S/c1-30-22(29)17-7-5-16(6-8-17)11-21(28)20-12-18(24)13-27(20)14-19-15-31-23(25-19)26-9-3-2-4-10-26/h5-8,12-13,15H,2-4,9-11,14H2,1H3. The molecule has 0 amide bonds. The van der Waals surface area contributed by atoms with Gasteiger partial charge in [-0.15, -0.1) is 11.3 Å². The lowest BCUT2D eigenvalue weighted by atomic mass is 10.1. The summed E-state index contributed by atoms with van der Waals surface area (Å²) in [5, 5.41) is 3.62. The van der Waals surface area contributed by atoms with Crippen LogP contribution in [0.1, 0.15) is 51.4 Å². The average molecular weight is 458 g/mol. The number of carbonyl (C=O) groups excluding carboxylic acids is 2. The molecule has 3 aromatic rings. The molecule has 1 aromatic carbocycles. The molecule has 0 unspecified atom stereocenters. The van der Waals surface area contributed by atoms with Gasteiger partial charge in [0.15, 0.2) is 10.9 Å². The maximum absolute atomic E-state index is 13.0. The summed E-state index contributed by atoms with van der Waals surface area (Å²) in [7, 11) is 1.34. The first-order chi connectivity index (χ1) is 15.0. The Labute approximate surface area is 190 Å². The number of rotatable bonds is 7. The summed E-state index contributed by atoms with van der Waals surface area (Å²) in [5.74, 6) is -0.435. The summed E-state index contributed by atoms with van der Waals surface area (Å²) in [6.45, 7) is 2.61. The molecule has 31 heavy (non-hydrogen) atoms. The Morgan fingerprint density at radius 2 is 1.90 bits per heavy atom. The number of benzene rings is 1. The van der Waals surface area contributed by atoms with E-state index in [9.17, 15) is 9.59 Å². The number of thiazole rings is 1. The number of carbonyl (C=O) groups is 2. The van der Waals surface area contributed by atoms with Gasteiger partial charge in [-0.2, -0.15) is 0 Å². The second kappa shape index (κ2) is 9.66. The molecule has 0 aliphatic carbocycles. The number of esters is 1. The number of anilines is 1. The van der Waals surface area contributed by atoms with Crippen LogP contribution in [0.4, 0.5) is 5.13 Å². The number of nitrogens with zero attached hydrogens (tertiary/aromatic N) is 3. The Hall–Kier alpha value is -2.64. The molecule has 1 fully saturated rings. The maximum Gasteiger partial charge on any atom is 0.337 e. The van der Waals surface area contributed by atoms with Crippen LogP contribution in [0.5, 0.6) is 0 Å². The average Bonchev–Trinajstić information content (AvgIpc) is 3.41. The smallest absolute Gasteiger partial charge is 0.337 e. The van der Waals surface area contributed by atoms with Gasteiger partial charge in [0.2, 0.25) is 0 Å². The van der Waals surface area contributed by atoms with Gasteiger partial charge in [-0.25, -0.2) is 9.78 Å². The molecular formula is C23H24ClN3O3S. The Balaban J connectivity index is 1.46. The lowest BCUT2D eigenvalue weighted by Gasteiger charge is -2.25. The van der Waals surface area contributed by atoms with Crippen molar-refractivity contribution in [1.29, 1.82) is 0 Å². The molecule has 8 heteroatoms. The van der Waals surface area contributed by atoms with Crippen molar-refractivity contribution in [2.75, 3.05) is 25.1 Å². The molecule has 4 rings (SSSR count). The highest BCUT2D eigenvalue weighted by atomic mass is 35.5. The van der Waals surface area contributed by atoms with Crippen molar-refractivity contribution in [2.45, 2.75) is 32.2 Å². The van der Waals surface area contributed by atoms with E-state index in [2.05, 4.69) is 10.3 Å². The number of methoxy groups -OCH3 is 1. The van der Waals surface area contributed by atoms with E-state index in [1.807, 2.05) is 4.57 Å². The van der Waals surface area contributed by atoms with Crippen molar-refractivity contribution in [1.82, 2.24) is 9.55 Å². The van der Waals surface area contributed by atoms with Crippen molar-refractivity contribution in [3.63, 3.8) is 0 Å². The van der Waals surface area contributed by atoms with Crippen LogP contribution in [-0.2, 0) is 17.7 Å². The molecular weight excluding hydrogens is 434 g/mol. The summed E-state index contributed by atoms with van der Waals surface area (Å²) in [4.78, 5) is 31.7. The summed E-state index contributed by atoms with van der Waals surface area (Å²) in [6.07, 6.45) is 5.70. The van der Waals surface area contributed by atoms with Crippen molar-refractivity contribution in [3.05, 3.63) is 69.4 Å². The number of halogens is 1. The third kappa shape index (κ3) is 5.17. The Morgan fingerprint density at radius 3 is 2.61 bits per heavy atom. The summed E-state index contributed by atoms with van der Waals surface area (Å²) in [5.41, 5.74) is 2.75. The number of hydrogen-bond donors (Lipinski definition) is 0. The van der Waals surface area contributed by atoms with Gasteiger partial charge in [0.05, 0.1) is 35.6 Å². The van der Waals surface area contributed by atoms with Crippen LogP contribution in [-0.4, -0.2) is 41.5 Å². The predicted molar refractivity (Wildman–Crippen MR) is 123 cm³/mol. The fourth-order valence-electron chi connectivity index (χ4n) is 3.77. The first kappa shape index (κ1) is 21.6. The third-order valence-corrected chi connectivity index (χ3v) is 6.54. The highest BCUT2D eigenvalue weighted by Gasteiger charge is 2.18. The monoisotopic (exact) mass is 457 g/mol. The van der Waals surface area contributed by atoms with Crippen LogP contribution in [0.25, 0.3) is 0 Å². The van der Waals surface area contributed by atoms with Gasteiger partial charge in [0.25, 0.3) is 0 Å². The van der Waals surface area contributed by atoms with E-state index in [0.717, 1.165) is 29.5 Å². The highest BCUT2D eigenvalue weighted by molar-refractivity contribution is 7.13. The number of aromatic nitrogens is 2. The molecule has 1 aliphatic rings. The molecule has 0 bridgehead atoms. The zero-order chi connectivity index (χ0) is 21.8. The Bertz CT molecular complexity index is 1070. The largest absolute Gasteiger partial charge is 0.465 e. The van der Waals surface area contributed by atoms with Gasteiger partial charge in [-0.05, 0) is 43.0 Å². The number of ketones is 1. The zero-order valence-corrected chi connectivity index (χ0v) is 18.9. The first-order valence-electron chi connectivity index (χ1n) is 10.3. The second-order valence-electron chi connectivity index (χ2n) is 7.63. The van der Waals surface area contributed by atoms with Crippen molar-refractivity contribution < 1.29 is 14.3 Å². The van der Waals surface area contributed by atoms with Gasteiger partial charge in [-0.3, -0.25) is 4.79 Å². The van der Waals surface area contributed by atoms with E-state index in [1.54, 1.807) is 47.9 Å². The number of Topliss-reactive ketones (excluding diaryl/α,β-unsaturated/α-hetero) is 1. The minimum Gasteiger partial charge on any atom is -0.465 e. The second-order valence-corrected chi connectivity index (χ2v) is 8.90. The lowest BCUT2D eigenvalue weighted by Crippen LogP contribution is -2.29. The van der Waals surface area contributed by atoms with Crippen LogP contribution in [0.15, 0.2) is 41.9 Å². The quantitative estimate of drug-likeness (QED) is 0.375. The van der Waals surface area contributed by atoms with E-state index in [1.165, 1.54) is 26.4 Å². The van der Waals surface area contributed by atoms with E-state index in [0.29, 0.717) is 22.8 Å².